The van der Waals surface area contributed by atoms with Crippen LogP contribution < -0.4 is 3.89 Å². The van der Waals surface area contributed by atoms with E-state index < -0.39 is 49.8 Å². The van der Waals surface area contributed by atoms with Crippen molar-refractivity contribution in [2.45, 2.75) is 5.51 Å². The van der Waals surface area contributed by atoms with Crippen LogP contribution in [-0.2, 0) is 10.0 Å². The van der Waals surface area contributed by atoms with E-state index in [0.717, 1.165) is 6.07 Å². The van der Waals surface area contributed by atoms with Gasteiger partial charge >= 0.3 is 15.5 Å². The van der Waals surface area contributed by atoms with Crippen LogP contribution in [0.15, 0.2) is 18.2 Å². The van der Waals surface area contributed by atoms with Crippen LogP contribution in [0.4, 0.5) is 27.6 Å². The molecule has 11 heteroatoms. The third-order valence-corrected chi connectivity index (χ3v) is 4.74. The van der Waals surface area contributed by atoms with E-state index in [0.29, 0.717) is 12.1 Å². The number of nitriles is 2. The van der Waals surface area contributed by atoms with Gasteiger partial charge in [-0.15, -0.1) is 0 Å². The van der Waals surface area contributed by atoms with Crippen LogP contribution in [-0.4, -0.2) is 27.0 Å². The largest absolute Gasteiger partial charge is 0.549 e. The summed E-state index contributed by atoms with van der Waals surface area (Å²) in [7, 11) is -6.23. The highest BCUT2D eigenvalue weighted by Crippen LogP contribution is 2.38. The summed E-state index contributed by atoms with van der Waals surface area (Å²) in [5.41, 5.74) is -7.14. The van der Waals surface area contributed by atoms with Gasteiger partial charge in [-0.1, -0.05) is 6.07 Å². The van der Waals surface area contributed by atoms with Crippen molar-refractivity contribution in [1.29, 1.82) is 10.5 Å². The van der Waals surface area contributed by atoms with E-state index in [1.807, 2.05) is 0 Å². The molecule has 118 valence electrons. The molecule has 0 fully saturated rings. The van der Waals surface area contributed by atoms with Crippen molar-refractivity contribution in [3.05, 3.63) is 29.8 Å². The topological polar surface area (TPSA) is 81.7 Å². The number of hydrogen-bond acceptors (Lipinski definition) is 4. The first kappa shape index (κ1) is 17.8. The van der Waals surface area contributed by atoms with E-state index in [9.17, 15) is 30.4 Å². The second-order valence-electron chi connectivity index (χ2n) is 4.02. The van der Waals surface area contributed by atoms with Gasteiger partial charge in [0.15, 0.2) is 24.6 Å². The molecule has 5 nitrogen and oxygen atoms in total. The van der Waals surface area contributed by atoms with Crippen LogP contribution in [0.5, 0.6) is 0 Å². The summed E-state index contributed by atoms with van der Waals surface area (Å²) in [5, 5.41) is 17.3. The molecule has 0 heterocycles. The highest BCUT2D eigenvalue weighted by atomic mass is 32.2. The average Bonchev–Trinajstić information content (AvgIpc) is 2.40. The first-order chi connectivity index (χ1) is 10.0. The normalized spacial score (nSPS) is 12.5. The van der Waals surface area contributed by atoms with Crippen molar-refractivity contribution in [1.82, 2.24) is 3.89 Å². The van der Waals surface area contributed by atoms with Crippen molar-refractivity contribution in [3.63, 3.8) is 0 Å². The molecule has 0 saturated heterocycles. The van der Waals surface area contributed by atoms with Crippen molar-refractivity contribution in [3.8, 4) is 12.1 Å². The number of halogens is 5. The van der Waals surface area contributed by atoms with Crippen LogP contribution in [0.3, 0.4) is 0 Å². The number of quaternary nitrogens is 1. The third kappa shape index (κ3) is 2.61. The fourth-order valence-corrected chi connectivity index (χ4v) is 3.01. The lowest BCUT2D eigenvalue weighted by molar-refractivity contribution is -0.0481. The highest BCUT2D eigenvalue weighted by molar-refractivity contribution is 7.91. The van der Waals surface area contributed by atoms with Crippen LogP contribution in [0.2, 0.25) is 0 Å². The van der Waals surface area contributed by atoms with Gasteiger partial charge in [-0.3, -0.25) is 0 Å². The molecule has 0 unspecified atom stereocenters. The van der Waals surface area contributed by atoms with E-state index in [2.05, 4.69) is 0 Å². The highest BCUT2D eigenvalue weighted by Gasteiger charge is 2.63. The van der Waals surface area contributed by atoms with Gasteiger partial charge in [-0.05, 0) is 6.07 Å². The Balaban J connectivity index is 3.88. The summed E-state index contributed by atoms with van der Waals surface area (Å²) in [6.07, 6.45) is 0. The fourth-order valence-electron chi connectivity index (χ4n) is 1.76. The second-order valence-corrected chi connectivity index (χ2v) is 6.13. The number of alkyl halides is 3. The van der Waals surface area contributed by atoms with Crippen molar-refractivity contribution >= 4 is 15.7 Å². The molecular weight excluding hydrogens is 333 g/mol. The quantitative estimate of drug-likeness (QED) is 0.478. The summed E-state index contributed by atoms with van der Waals surface area (Å²) < 4.78 is 86.8. The molecule has 0 N–H and O–H groups in total. The molecule has 0 radical (unpaired) electrons. The molecule has 0 amide bonds. The van der Waals surface area contributed by atoms with E-state index in [1.165, 1.54) is 12.1 Å². The minimum atomic E-state index is -6.23. The summed E-state index contributed by atoms with van der Waals surface area (Å²) in [6, 6.07) is 4.26. The van der Waals surface area contributed by atoms with E-state index in [4.69, 9.17) is 10.5 Å². The molecule has 0 atom stereocenters. The summed E-state index contributed by atoms with van der Waals surface area (Å²) in [4.78, 5) is 0. The van der Waals surface area contributed by atoms with Crippen molar-refractivity contribution in [2.75, 3.05) is 13.1 Å². The molecule has 0 aliphatic carbocycles. The monoisotopic (exact) mass is 340 g/mol. The van der Waals surface area contributed by atoms with Gasteiger partial charge in [0.2, 0.25) is 5.82 Å². The van der Waals surface area contributed by atoms with Crippen LogP contribution in [0.1, 0.15) is 0 Å². The Kier molecular flexibility index (Phi) is 4.75. The number of nitrogens with zero attached hydrogens (tertiary/aromatic N) is 3. The molecule has 22 heavy (non-hydrogen) atoms. The lowest BCUT2D eigenvalue weighted by atomic mass is 10.2. The predicted octanol–water partition coefficient (Wildman–Crippen LogP) is 2.17. The Morgan fingerprint density at radius 1 is 1.09 bits per heavy atom. The fraction of sp³-hybridized carbons (Fsp3) is 0.273. The molecule has 1 rings (SSSR count). The van der Waals surface area contributed by atoms with Crippen LogP contribution >= 0.6 is 0 Å². The van der Waals surface area contributed by atoms with E-state index in [1.54, 1.807) is 0 Å². The Bertz CT molecular complexity index is 745. The summed E-state index contributed by atoms with van der Waals surface area (Å²) >= 11 is 0. The minimum Gasteiger partial charge on any atom is -0.204 e. The second kappa shape index (κ2) is 5.87. The maximum Gasteiger partial charge on any atom is 0.549 e. The lowest BCUT2D eigenvalue weighted by Gasteiger charge is -2.32. The lowest BCUT2D eigenvalue weighted by Crippen LogP contribution is -2.59. The predicted molar refractivity (Wildman–Crippen MR) is 64.1 cm³/mol. The number of benzene rings is 1. The Morgan fingerprint density at radius 3 is 2.00 bits per heavy atom. The molecule has 0 aliphatic rings. The van der Waals surface area contributed by atoms with Crippen molar-refractivity contribution in [2.24, 2.45) is 0 Å². The molecule has 0 spiro atoms. The molecule has 1 aromatic carbocycles. The SMILES string of the molecule is N#CC[N+](CC#N)(c1cccc(F)c1F)S(=O)(=O)C(F)(F)F. The minimum absolute atomic E-state index is 0.562. The standard InChI is InChI=1S/C11H7F5N3O2S/c12-8-2-1-3-9(10(8)13)19(6-4-17,7-5-18)22(20,21)11(14,15)16/h1-3H,6-7H2/q+1. The Labute approximate surface area is 122 Å². The maximum absolute atomic E-state index is 13.8. The Hall–Kier alpha value is -2.24. The first-order valence-corrected chi connectivity index (χ1v) is 6.86. The number of hydrogen-bond donors (Lipinski definition) is 0. The summed E-state index contributed by atoms with van der Waals surface area (Å²) in [6.45, 7) is -2.84. The third-order valence-electron chi connectivity index (χ3n) is 2.78. The van der Waals surface area contributed by atoms with Gasteiger partial charge in [0, 0.05) is 6.07 Å². The average molecular weight is 340 g/mol. The molecular formula is C11H7F5N3O2S+. The maximum atomic E-state index is 13.8. The first-order valence-electron chi connectivity index (χ1n) is 5.42. The molecule has 0 aliphatic heterocycles. The zero-order valence-electron chi connectivity index (χ0n) is 10.6. The van der Waals surface area contributed by atoms with E-state index in [-0.39, 0.29) is 0 Å². The molecule has 0 aromatic heterocycles. The van der Waals surface area contributed by atoms with Crippen LogP contribution in [0, 0.1) is 34.3 Å². The van der Waals surface area contributed by atoms with Crippen molar-refractivity contribution < 1.29 is 30.4 Å². The smallest absolute Gasteiger partial charge is 0.204 e. The van der Waals surface area contributed by atoms with Gasteiger partial charge in [-0.2, -0.15) is 40.4 Å². The Morgan fingerprint density at radius 2 is 1.59 bits per heavy atom. The zero-order valence-corrected chi connectivity index (χ0v) is 11.4. The molecule has 1 aromatic rings. The summed E-state index contributed by atoms with van der Waals surface area (Å²) in [5.74, 6) is -3.48. The number of sulfonamides is 1. The van der Waals surface area contributed by atoms with Gasteiger partial charge in [0.1, 0.15) is 12.1 Å². The van der Waals surface area contributed by atoms with Gasteiger partial charge in [-0.25, -0.2) is 4.39 Å². The molecule has 0 bridgehead atoms. The van der Waals surface area contributed by atoms with Gasteiger partial charge in [0.05, 0.1) is 0 Å². The van der Waals surface area contributed by atoms with Crippen LogP contribution in [0.25, 0.3) is 0 Å². The van der Waals surface area contributed by atoms with Gasteiger partial charge < -0.3 is 0 Å². The zero-order chi connectivity index (χ0) is 17.2. The van der Waals surface area contributed by atoms with E-state index >= 15 is 0 Å². The molecule has 0 saturated carbocycles. The van der Waals surface area contributed by atoms with Gasteiger partial charge in [0.25, 0.3) is 0 Å². The number of rotatable bonds is 4.